The number of likely N-dealkylation sites (tertiary alicyclic amines) is 1. The van der Waals surface area contributed by atoms with Gasteiger partial charge in [0, 0.05) is 36.6 Å². The van der Waals surface area contributed by atoms with Crippen molar-refractivity contribution < 1.29 is 31.5 Å². The number of benzene rings is 2. The lowest BCUT2D eigenvalue weighted by Gasteiger charge is -2.36. The zero-order valence-corrected chi connectivity index (χ0v) is 28.9. The number of ether oxygens (including phenoxy) is 1. The number of sulfonamides is 1. The molecule has 1 saturated heterocycles. The minimum absolute atomic E-state index is 0. The first-order chi connectivity index (χ1) is 22.3. The van der Waals surface area contributed by atoms with Crippen LogP contribution in [0.4, 0.5) is 25.0 Å². The zero-order chi connectivity index (χ0) is 34.1. The number of nitrogens with one attached hydrogen (secondary N) is 3. The maximum Gasteiger partial charge on any atom is 0.319 e. The predicted octanol–water partition coefficient (Wildman–Crippen LogP) is 5.87. The van der Waals surface area contributed by atoms with Crippen LogP contribution in [0.15, 0.2) is 48.7 Å². The van der Waals surface area contributed by atoms with Gasteiger partial charge in [0.05, 0.1) is 18.4 Å². The molecule has 1 aliphatic heterocycles. The van der Waals surface area contributed by atoms with Crippen LogP contribution in [0, 0.1) is 24.5 Å². The number of primary amides is 1. The maximum absolute atomic E-state index is 14.4. The number of hydrogen-bond acceptors (Lipinski definition) is 7. The fraction of sp³-hybridized carbons (Fsp3) is 0.424. The Bertz CT molecular complexity index is 1670. The summed E-state index contributed by atoms with van der Waals surface area (Å²) in [6.07, 6.45) is 6.83. The van der Waals surface area contributed by atoms with E-state index in [-0.39, 0.29) is 35.6 Å². The van der Waals surface area contributed by atoms with Crippen molar-refractivity contribution in [2.24, 2.45) is 11.7 Å². The van der Waals surface area contributed by atoms with Crippen LogP contribution >= 0.6 is 12.4 Å². The van der Waals surface area contributed by atoms with E-state index in [4.69, 9.17) is 10.5 Å². The number of rotatable bonds is 14. The molecule has 1 atom stereocenters. The van der Waals surface area contributed by atoms with E-state index < -0.39 is 40.0 Å². The van der Waals surface area contributed by atoms with E-state index >= 15 is 0 Å². The monoisotopic (exact) mass is 708 g/mol. The van der Waals surface area contributed by atoms with Gasteiger partial charge in [-0.2, -0.15) is 0 Å². The van der Waals surface area contributed by atoms with E-state index in [9.17, 15) is 26.8 Å². The lowest BCUT2D eigenvalue weighted by atomic mass is 9.86. The summed E-state index contributed by atoms with van der Waals surface area (Å²) in [7, 11) is -3.37. The van der Waals surface area contributed by atoms with E-state index in [0.717, 1.165) is 68.6 Å². The van der Waals surface area contributed by atoms with Crippen molar-refractivity contribution in [3.8, 4) is 11.6 Å². The Morgan fingerprint density at radius 1 is 1.10 bits per heavy atom. The quantitative estimate of drug-likeness (QED) is 0.163. The molecular formula is C33H43ClF2N6O5S. The highest BCUT2D eigenvalue weighted by atomic mass is 35.5. The number of unbranched alkanes of at least 4 members (excludes halogenated alkanes) is 1. The van der Waals surface area contributed by atoms with Gasteiger partial charge >= 0.3 is 6.03 Å². The highest BCUT2D eigenvalue weighted by molar-refractivity contribution is 7.92. The number of anilines is 2. The third kappa shape index (κ3) is 11.6. The summed E-state index contributed by atoms with van der Waals surface area (Å²) >= 11 is 0. The minimum atomic E-state index is -3.37. The van der Waals surface area contributed by atoms with Crippen LogP contribution in [-0.4, -0.2) is 55.6 Å². The smallest absolute Gasteiger partial charge is 0.319 e. The number of carbonyl (C=O) groups is 2. The summed E-state index contributed by atoms with van der Waals surface area (Å²) in [6, 6.07) is 9.80. The molecule has 0 spiro atoms. The summed E-state index contributed by atoms with van der Waals surface area (Å²) in [5.74, 6) is -1.38. The van der Waals surface area contributed by atoms with Gasteiger partial charge in [-0.05, 0) is 86.1 Å². The molecule has 1 aliphatic rings. The van der Waals surface area contributed by atoms with Crippen LogP contribution in [0.25, 0.3) is 0 Å². The molecule has 262 valence electrons. The third-order valence-electron chi connectivity index (χ3n) is 8.03. The number of piperidine rings is 1. The van der Waals surface area contributed by atoms with Crippen LogP contribution < -0.4 is 25.8 Å². The normalized spacial score (nSPS) is 14.4. The second-order valence-electron chi connectivity index (χ2n) is 12.0. The molecule has 1 unspecified atom stereocenters. The molecule has 0 radical (unpaired) electrons. The van der Waals surface area contributed by atoms with E-state index in [1.165, 1.54) is 0 Å². The molecule has 1 fully saturated rings. The summed E-state index contributed by atoms with van der Waals surface area (Å²) in [6.45, 7) is 6.25. The second kappa shape index (κ2) is 17.4. The first kappa shape index (κ1) is 38.4. The Morgan fingerprint density at radius 3 is 2.44 bits per heavy atom. The highest BCUT2D eigenvalue weighted by Crippen LogP contribution is 2.28. The Kier molecular flexibility index (Phi) is 13.9. The van der Waals surface area contributed by atoms with Crippen LogP contribution in [0.3, 0.4) is 0 Å². The molecule has 3 aromatic rings. The lowest BCUT2D eigenvalue weighted by Crippen LogP contribution is -2.46. The average molecular weight is 709 g/mol. The van der Waals surface area contributed by atoms with E-state index in [2.05, 4.69) is 32.2 Å². The standard InChI is InChI=1S/C33H42F2N6O5S.ClH/c1-4-5-6-28(38-33(43)39-29-16-24(17-31(36)42)26(34)18-27(29)35)23-11-13-41(14-12-23)20-22-7-10-32(37-19-22)46-30-9-8-25(15-21(30)2)40-47(3,44)45;/h7-10,15-16,18-19,23,28,40H,4-6,11-14,17,20H2,1-3H3,(H2,36,42)(H2,38,39,43);1H. The number of hydrogen-bond donors (Lipinski definition) is 4. The maximum atomic E-state index is 14.4. The second-order valence-corrected chi connectivity index (χ2v) is 13.7. The van der Waals surface area contributed by atoms with Crippen molar-refractivity contribution in [3.05, 3.63) is 77.0 Å². The van der Waals surface area contributed by atoms with Gasteiger partial charge < -0.3 is 21.1 Å². The summed E-state index contributed by atoms with van der Waals surface area (Å²) in [5.41, 5.74) is 7.09. The van der Waals surface area contributed by atoms with Crippen molar-refractivity contribution in [1.29, 1.82) is 0 Å². The SMILES string of the molecule is CCCCC(NC(=O)Nc1cc(CC(N)=O)c(F)cc1F)C1CCN(Cc2ccc(Oc3ccc(NS(C)(=O)=O)cc3C)nc2)CC1.Cl. The van der Waals surface area contributed by atoms with Gasteiger partial charge in [0.2, 0.25) is 21.8 Å². The topological polar surface area (TPSA) is 156 Å². The Morgan fingerprint density at radius 2 is 1.83 bits per heavy atom. The Balaban J connectivity index is 0.00000625. The molecule has 3 amide bonds. The summed E-state index contributed by atoms with van der Waals surface area (Å²) < 4.78 is 59.8. The number of carbonyl (C=O) groups excluding carboxylic acids is 2. The van der Waals surface area contributed by atoms with Gasteiger partial charge in [0.15, 0.2) is 0 Å². The minimum Gasteiger partial charge on any atom is -0.439 e. The number of nitrogens with zero attached hydrogens (tertiary/aromatic N) is 2. The number of nitrogens with two attached hydrogens (primary N) is 1. The van der Waals surface area contributed by atoms with Crippen LogP contribution in [-0.2, 0) is 27.8 Å². The Labute approximate surface area is 286 Å². The predicted molar refractivity (Wildman–Crippen MR) is 184 cm³/mol. The van der Waals surface area contributed by atoms with Crippen molar-refractivity contribution in [1.82, 2.24) is 15.2 Å². The van der Waals surface area contributed by atoms with E-state index in [1.807, 2.05) is 13.0 Å². The molecule has 4 rings (SSSR count). The van der Waals surface area contributed by atoms with E-state index in [0.29, 0.717) is 29.9 Å². The largest absolute Gasteiger partial charge is 0.439 e. The number of pyridine rings is 1. The highest BCUT2D eigenvalue weighted by Gasteiger charge is 2.28. The number of halogens is 3. The third-order valence-corrected chi connectivity index (χ3v) is 8.64. The molecule has 5 N–H and O–H groups in total. The lowest BCUT2D eigenvalue weighted by molar-refractivity contribution is -0.117. The average Bonchev–Trinajstić information content (AvgIpc) is 2.99. The molecule has 0 bridgehead atoms. The Hall–Kier alpha value is -4.01. The molecule has 48 heavy (non-hydrogen) atoms. The zero-order valence-electron chi connectivity index (χ0n) is 27.2. The fourth-order valence-corrected chi connectivity index (χ4v) is 6.24. The molecule has 2 heterocycles. The van der Waals surface area contributed by atoms with Crippen molar-refractivity contribution >= 4 is 45.7 Å². The van der Waals surface area contributed by atoms with Crippen molar-refractivity contribution in [2.75, 3.05) is 29.4 Å². The number of aryl methyl sites for hydroxylation is 1. The first-order valence-electron chi connectivity index (χ1n) is 15.6. The summed E-state index contributed by atoms with van der Waals surface area (Å²) in [4.78, 5) is 30.9. The van der Waals surface area contributed by atoms with Crippen molar-refractivity contribution in [3.63, 3.8) is 0 Å². The molecule has 1 aromatic heterocycles. The van der Waals surface area contributed by atoms with Gasteiger partial charge in [-0.3, -0.25) is 14.4 Å². The molecule has 11 nitrogen and oxygen atoms in total. The van der Waals surface area contributed by atoms with Gasteiger partial charge in [-0.25, -0.2) is 27.0 Å². The fourth-order valence-electron chi connectivity index (χ4n) is 5.68. The number of aromatic nitrogens is 1. The molecule has 2 aromatic carbocycles. The van der Waals surface area contributed by atoms with Crippen molar-refractivity contribution in [2.45, 2.75) is 65.0 Å². The van der Waals surface area contributed by atoms with Gasteiger partial charge in [0.25, 0.3) is 0 Å². The van der Waals surface area contributed by atoms with Gasteiger partial charge in [-0.1, -0.05) is 25.8 Å². The van der Waals surface area contributed by atoms with Crippen LogP contribution in [0.5, 0.6) is 11.6 Å². The van der Waals surface area contributed by atoms with Crippen LogP contribution in [0.2, 0.25) is 0 Å². The molecular weight excluding hydrogens is 666 g/mol. The molecule has 15 heteroatoms. The van der Waals surface area contributed by atoms with Crippen LogP contribution in [0.1, 0.15) is 55.7 Å². The number of amides is 3. The first-order valence-corrected chi connectivity index (χ1v) is 17.5. The molecule has 0 saturated carbocycles. The van der Waals surface area contributed by atoms with Gasteiger partial charge in [0.1, 0.15) is 17.4 Å². The van der Waals surface area contributed by atoms with E-state index in [1.54, 1.807) is 30.5 Å². The van der Waals surface area contributed by atoms with Gasteiger partial charge in [-0.15, -0.1) is 12.4 Å². The summed E-state index contributed by atoms with van der Waals surface area (Å²) in [5, 5.41) is 5.48. The number of urea groups is 1. The molecule has 0 aliphatic carbocycles.